The average Bonchev–Trinajstić information content (AvgIpc) is 3.98. The Morgan fingerprint density at radius 3 is 1.91 bits per heavy atom. The normalized spacial score (nSPS) is 15.2. The lowest BCUT2D eigenvalue weighted by Crippen LogP contribution is -2.59. The first-order valence-electron chi connectivity index (χ1n) is 23.1. The fraction of sp³-hybridized carbons (Fsp3) is 0.254. The highest BCUT2D eigenvalue weighted by molar-refractivity contribution is 7.32. The Hall–Kier alpha value is -5.62. The molecule has 1 aliphatic carbocycles. The van der Waals surface area contributed by atoms with E-state index >= 15 is 0 Å². The molecule has 3 aromatic heterocycles. The summed E-state index contributed by atoms with van der Waals surface area (Å²) in [4.78, 5) is 2.76. The number of rotatable bonds is 1. The van der Waals surface area contributed by atoms with Gasteiger partial charge >= 0.3 is 6.85 Å². The van der Waals surface area contributed by atoms with Crippen molar-refractivity contribution in [3.8, 4) is 27.9 Å². The fourth-order valence-electron chi connectivity index (χ4n) is 11.8. The van der Waals surface area contributed by atoms with Crippen molar-refractivity contribution in [1.29, 1.82) is 0 Å². The Balaban J connectivity index is 1.28. The molecule has 5 heterocycles. The first-order chi connectivity index (χ1) is 30.4. The van der Waals surface area contributed by atoms with Crippen LogP contribution < -0.4 is 15.1 Å². The van der Waals surface area contributed by atoms with Gasteiger partial charge in [0.05, 0.1) is 16.7 Å². The highest BCUT2D eigenvalue weighted by atomic mass is 32.1. The lowest BCUT2D eigenvalue weighted by molar-refractivity contribution is 0.590. The molecule has 0 amide bonds. The number of anilines is 2. The molecule has 13 rings (SSSR count). The van der Waals surface area contributed by atoms with Gasteiger partial charge in [0.15, 0.2) is 0 Å². The third-order valence-electron chi connectivity index (χ3n) is 15.2. The van der Waals surface area contributed by atoms with Crippen LogP contribution in [0.4, 0.5) is 11.4 Å². The van der Waals surface area contributed by atoms with Crippen LogP contribution in [0.15, 0.2) is 121 Å². The molecule has 0 atom stereocenters. The van der Waals surface area contributed by atoms with Crippen molar-refractivity contribution < 1.29 is 0 Å². The van der Waals surface area contributed by atoms with E-state index in [2.05, 4.69) is 207 Å². The van der Waals surface area contributed by atoms with Gasteiger partial charge in [-0.15, -0.1) is 22.7 Å². The third-order valence-corrected chi connectivity index (χ3v) is 17.6. The monoisotopic (exact) mass is 864 g/mol. The summed E-state index contributed by atoms with van der Waals surface area (Å²) >= 11 is 4.00. The number of hydrogen-bond donors (Lipinski definition) is 0. The minimum Gasteiger partial charge on any atom is -0.376 e. The maximum atomic E-state index is 2.76. The van der Waals surface area contributed by atoms with Crippen LogP contribution in [0.2, 0.25) is 0 Å². The van der Waals surface area contributed by atoms with Gasteiger partial charge in [-0.1, -0.05) is 143 Å². The van der Waals surface area contributed by atoms with E-state index in [1.807, 2.05) is 22.7 Å². The van der Waals surface area contributed by atoms with E-state index < -0.39 is 0 Å². The zero-order chi connectivity index (χ0) is 44.1. The molecule has 0 N–H and O–H groups in total. The van der Waals surface area contributed by atoms with Gasteiger partial charge in [0, 0.05) is 68.2 Å². The Labute approximate surface area is 385 Å². The zero-order valence-electron chi connectivity index (χ0n) is 38.8. The Bertz CT molecular complexity index is 3700. The highest BCUT2D eigenvalue weighted by Gasteiger charge is 2.49. The van der Waals surface area contributed by atoms with Gasteiger partial charge in [-0.2, -0.15) is 0 Å². The molecule has 7 aromatic carbocycles. The van der Waals surface area contributed by atoms with Crippen LogP contribution in [-0.2, 0) is 21.7 Å². The molecule has 0 radical (unpaired) electrons. The minimum absolute atomic E-state index is 0.000375. The summed E-state index contributed by atoms with van der Waals surface area (Å²) in [5, 5.41) is 6.88. The van der Waals surface area contributed by atoms with Crippen LogP contribution in [0.25, 0.3) is 80.0 Å². The molecule has 3 aliphatic rings. The summed E-state index contributed by atoms with van der Waals surface area (Å²) in [6, 6.07) is 47.9. The number of aromatic nitrogens is 1. The van der Waals surface area contributed by atoms with Crippen molar-refractivity contribution in [2.75, 3.05) is 4.81 Å². The Kier molecular flexibility index (Phi) is 7.51. The Morgan fingerprint density at radius 1 is 0.531 bits per heavy atom. The van der Waals surface area contributed by atoms with Gasteiger partial charge in [-0.25, -0.2) is 0 Å². The molecular weight excluding hydrogens is 812 g/mol. The molecule has 0 bridgehead atoms. The lowest BCUT2D eigenvalue weighted by atomic mass is 9.46. The van der Waals surface area contributed by atoms with Crippen molar-refractivity contribution in [3.05, 3.63) is 149 Å². The summed E-state index contributed by atoms with van der Waals surface area (Å²) < 4.78 is 8.24. The van der Waals surface area contributed by atoms with E-state index in [0.29, 0.717) is 0 Å². The molecule has 314 valence electrons. The van der Waals surface area contributed by atoms with Gasteiger partial charge in [-0.3, -0.25) is 0 Å². The maximum Gasteiger partial charge on any atom is 0.343 e. The van der Waals surface area contributed by atoms with Crippen molar-refractivity contribution in [2.45, 2.75) is 97.8 Å². The molecule has 0 fully saturated rings. The van der Waals surface area contributed by atoms with E-state index in [4.69, 9.17) is 0 Å². The van der Waals surface area contributed by atoms with Gasteiger partial charge in [0.1, 0.15) is 0 Å². The highest BCUT2D eigenvalue weighted by Crippen LogP contribution is 2.58. The second kappa shape index (κ2) is 12.4. The summed E-state index contributed by atoms with van der Waals surface area (Å²) in [5.74, 6) is 0. The van der Waals surface area contributed by atoms with E-state index in [0.717, 1.165) is 0 Å². The largest absolute Gasteiger partial charge is 0.376 e. The maximum absolute atomic E-state index is 2.76. The molecule has 0 spiro atoms. The molecule has 2 nitrogen and oxygen atoms in total. The first kappa shape index (κ1) is 38.8. The second-order valence-electron chi connectivity index (χ2n) is 22.6. The summed E-state index contributed by atoms with van der Waals surface area (Å²) in [7, 11) is 0. The summed E-state index contributed by atoms with van der Waals surface area (Å²) in [6.07, 6.45) is 0. The smallest absolute Gasteiger partial charge is 0.343 e. The van der Waals surface area contributed by atoms with Crippen molar-refractivity contribution in [2.24, 2.45) is 0 Å². The predicted octanol–water partition coefficient (Wildman–Crippen LogP) is 15.8. The number of benzene rings is 7. The van der Waals surface area contributed by atoms with Crippen LogP contribution >= 0.6 is 22.7 Å². The number of fused-ring (bicyclic) bond motifs is 18. The van der Waals surface area contributed by atoms with Crippen molar-refractivity contribution in [3.63, 3.8) is 0 Å². The number of nitrogens with zero attached hydrogens (tertiary/aromatic N) is 2. The molecule has 0 saturated carbocycles. The van der Waals surface area contributed by atoms with Crippen LogP contribution in [-0.4, -0.2) is 11.4 Å². The number of thiophene rings is 2. The van der Waals surface area contributed by atoms with E-state index in [1.165, 1.54) is 129 Å². The standard InChI is InChI=1S/C59H53BN2S2/c1-56(2,3)32-20-24-35(25-21-32)62-45-31-38-36-16-12-14-18-42(36)59(10,11)43(38)30-40(45)48-49-37-17-13-15-19-46(37)63-54(49)50-39-28-33(57(4,5)6)22-26-44(39)61-52-41-29-34(58(7,8)9)23-27-47(41)64-55(52)60(62)51(48)53(50)61/h12-31H,1-11H3. The number of hydrogen-bond acceptors (Lipinski definition) is 3. The van der Waals surface area contributed by atoms with Gasteiger partial charge in [0.2, 0.25) is 0 Å². The average molecular weight is 865 g/mol. The fourth-order valence-corrected chi connectivity index (χ4v) is 14.3. The van der Waals surface area contributed by atoms with Crippen LogP contribution in [0, 0.1) is 0 Å². The van der Waals surface area contributed by atoms with Crippen molar-refractivity contribution >= 4 is 103 Å². The first-order valence-corrected chi connectivity index (χ1v) is 24.8. The zero-order valence-corrected chi connectivity index (χ0v) is 40.5. The molecular formula is C59H53BN2S2. The summed E-state index contributed by atoms with van der Waals surface area (Å²) in [5.41, 5.74) is 20.3. The summed E-state index contributed by atoms with van der Waals surface area (Å²) in [6.45, 7) is 25.9. The molecule has 2 aliphatic heterocycles. The predicted molar refractivity (Wildman–Crippen MR) is 282 cm³/mol. The van der Waals surface area contributed by atoms with Crippen LogP contribution in [0.3, 0.4) is 0 Å². The van der Waals surface area contributed by atoms with Gasteiger partial charge < -0.3 is 9.38 Å². The molecule has 64 heavy (non-hydrogen) atoms. The quantitative estimate of drug-likeness (QED) is 0.149. The molecule has 5 heteroatoms. The third kappa shape index (κ3) is 4.98. The van der Waals surface area contributed by atoms with E-state index in [9.17, 15) is 0 Å². The molecule has 0 unspecified atom stereocenters. The van der Waals surface area contributed by atoms with Crippen molar-refractivity contribution in [1.82, 2.24) is 4.57 Å². The van der Waals surface area contributed by atoms with E-state index in [1.54, 1.807) is 0 Å². The van der Waals surface area contributed by atoms with Crippen LogP contribution in [0.1, 0.15) is 104 Å². The van der Waals surface area contributed by atoms with E-state index in [-0.39, 0.29) is 28.5 Å². The Morgan fingerprint density at radius 2 is 1.17 bits per heavy atom. The lowest BCUT2D eigenvalue weighted by Gasteiger charge is -2.42. The molecule has 10 aromatic rings. The molecule has 0 saturated heterocycles. The topological polar surface area (TPSA) is 8.17 Å². The minimum atomic E-state index is -0.143. The van der Waals surface area contributed by atoms with Gasteiger partial charge in [-0.05, 0) is 121 Å². The van der Waals surface area contributed by atoms with Gasteiger partial charge in [0.25, 0.3) is 0 Å². The SMILES string of the molecule is CC(C)(C)c1ccc(N2B3c4sc5ccc(C(C)(C)C)cc5c4-n4c5ccc(C(C)(C)C)cc5c5c6sc7ccccc7c6c(c3c54)-c3cc4c(cc32)-c2ccccc2C4(C)C)cc1. The second-order valence-corrected chi connectivity index (χ2v) is 24.7. The van der Waals surface area contributed by atoms with Crippen LogP contribution in [0.5, 0.6) is 0 Å².